The first-order valence-corrected chi connectivity index (χ1v) is 18.1. The molecule has 6 rings (SSSR count). The molecule has 2 aromatic carbocycles. The lowest BCUT2D eigenvalue weighted by molar-refractivity contribution is -0.129. The van der Waals surface area contributed by atoms with Gasteiger partial charge in [-0.15, -0.1) is 0 Å². The normalized spacial score (nSPS) is 20.9. The van der Waals surface area contributed by atoms with Crippen molar-refractivity contribution >= 4 is 11.6 Å². The van der Waals surface area contributed by atoms with E-state index in [2.05, 4.69) is 53.1 Å². The molecule has 3 aromatic rings. The van der Waals surface area contributed by atoms with Crippen LogP contribution in [0, 0.1) is 36.0 Å². The summed E-state index contributed by atoms with van der Waals surface area (Å²) in [5.74, 6) is 1.40. The zero-order valence-electron chi connectivity index (χ0n) is 31.9. The van der Waals surface area contributed by atoms with Crippen LogP contribution in [-0.2, 0) is 24.8 Å². The fraction of sp³-hybridized carbons (Fsp3) is 0.500. The molecule has 2 unspecified atom stereocenters. The lowest BCUT2D eigenvalue weighted by Crippen LogP contribution is -2.40. The number of benzene rings is 2. The Balaban J connectivity index is 1.18. The van der Waals surface area contributed by atoms with E-state index in [1.165, 1.54) is 16.8 Å². The number of nitrogens with zero attached hydrogens (tertiary/aromatic N) is 5. The number of hydrogen-bond donors (Lipinski definition) is 0. The number of carbonyl (C=O) groups is 1. The minimum absolute atomic E-state index is 0.0138. The minimum atomic E-state index is -0.251. The Morgan fingerprint density at radius 2 is 1.73 bits per heavy atom. The van der Waals surface area contributed by atoms with E-state index in [-0.39, 0.29) is 33.9 Å². The highest BCUT2D eigenvalue weighted by Crippen LogP contribution is 2.45. The molecule has 0 aliphatic carbocycles. The molecule has 0 bridgehead atoms. The topological polar surface area (TPSA) is 91.0 Å². The highest BCUT2D eigenvalue weighted by molar-refractivity contribution is 5.97. The second-order valence-corrected chi connectivity index (χ2v) is 16.0. The average molecular weight is 692 g/mol. The fourth-order valence-corrected chi connectivity index (χ4v) is 8.58. The smallest absolute Gasteiger partial charge is 0.264 e. The molecule has 0 N–H and O–H groups in total. The van der Waals surface area contributed by atoms with Gasteiger partial charge in [-0.05, 0) is 92.4 Å². The van der Waals surface area contributed by atoms with Crippen LogP contribution in [0.1, 0.15) is 74.4 Å². The highest BCUT2D eigenvalue weighted by atomic mass is 16.5. The number of likely N-dealkylation sites (tertiary alicyclic amines) is 1. The van der Waals surface area contributed by atoms with Crippen molar-refractivity contribution < 1.29 is 14.3 Å². The number of rotatable bonds is 7. The number of carbonyl (C=O) groups excluding carboxylic acids is 1. The molecule has 270 valence electrons. The standard InChI is InChI=1S/C42H53N5O4/c1-27-28(2)39(48)44(7)23-34(27)30-19-37(50-8)35(38(20-30)51-9)24-45-17-14-42(25-45)15-18-46(26-42)36-12-10-11-32-29(3)47(16-13-33(32)36)40(49)31(22-43)21-41(4,5)6/h10-12,19-21,23,29H,13-18,24-26H2,1-9H3/b31-21+. The van der Waals surface area contributed by atoms with Crippen LogP contribution in [0.5, 0.6) is 11.5 Å². The number of aromatic nitrogens is 1. The van der Waals surface area contributed by atoms with Crippen molar-refractivity contribution in [2.45, 2.75) is 73.4 Å². The maximum atomic E-state index is 13.5. The van der Waals surface area contributed by atoms with Crippen LogP contribution in [0.15, 0.2) is 53.0 Å². The van der Waals surface area contributed by atoms with Crippen LogP contribution in [-0.4, -0.2) is 67.2 Å². The number of ether oxygens (including phenoxy) is 2. The summed E-state index contributed by atoms with van der Waals surface area (Å²) in [6.45, 7) is 17.3. The summed E-state index contributed by atoms with van der Waals surface area (Å²) in [5.41, 5.74) is 8.69. The summed E-state index contributed by atoms with van der Waals surface area (Å²) in [5, 5.41) is 9.80. The van der Waals surface area contributed by atoms with Gasteiger partial charge in [0.15, 0.2) is 0 Å². The SMILES string of the molecule is COc1cc(-c2cn(C)c(=O)c(C)c2C)cc(OC)c1CN1CCC2(CCN(c3cccc4c3CCN(C(=O)/C(C#N)=C/C(C)(C)C)C4C)C2)C1. The van der Waals surface area contributed by atoms with Crippen molar-refractivity contribution in [3.8, 4) is 28.7 Å². The van der Waals surface area contributed by atoms with Gasteiger partial charge in [0.25, 0.3) is 11.5 Å². The zero-order chi connectivity index (χ0) is 36.8. The lowest BCUT2D eigenvalue weighted by atomic mass is 9.86. The van der Waals surface area contributed by atoms with Gasteiger partial charge in [0.05, 0.1) is 25.8 Å². The molecule has 0 saturated carbocycles. The number of nitriles is 1. The number of aryl methyl sites for hydroxylation is 1. The molecule has 0 radical (unpaired) electrons. The van der Waals surface area contributed by atoms with Crippen LogP contribution in [0.2, 0.25) is 0 Å². The van der Waals surface area contributed by atoms with E-state index in [4.69, 9.17) is 9.47 Å². The fourth-order valence-electron chi connectivity index (χ4n) is 8.58. The first-order chi connectivity index (χ1) is 24.2. The van der Waals surface area contributed by atoms with Crippen LogP contribution in [0.25, 0.3) is 11.1 Å². The predicted octanol–water partition coefficient (Wildman–Crippen LogP) is 6.73. The average Bonchev–Trinajstić information content (AvgIpc) is 3.72. The third-order valence-electron chi connectivity index (χ3n) is 11.4. The van der Waals surface area contributed by atoms with E-state index in [9.17, 15) is 14.9 Å². The Morgan fingerprint density at radius 1 is 1.04 bits per heavy atom. The molecule has 1 aromatic heterocycles. The Labute approximate surface area is 303 Å². The van der Waals surface area contributed by atoms with Crippen LogP contribution >= 0.6 is 0 Å². The molecule has 4 heterocycles. The van der Waals surface area contributed by atoms with Gasteiger partial charge in [-0.1, -0.05) is 39.0 Å². The van der Waals surface area contributed by atoms with Crippen LogP contribution in [0.4, 0.5) is 5.69 Å². The van der Waals surface area contributed by atoms with Crippen LogP contribution in [0.3, 0.4) is 0 Å². The number of methoxy groups -OCH3 is 2. The van der Waals surface area contributed by atoms with Gasteiger partial charge < -0.3 is 23.8 Å². The van der Waals surface area contributed by atoms with Gasteiger partial charge in [-0.2, -0.15) is 5.26 Å². The quantitative estimate of drug-likeness (QED) is 0.201. The molecule has 9 heteroatoms. The molecule has 51 heavy (non-hydrogen) atoms. The maximum absolute atomic E-state index is 13.5. The Kier molecular flexibility index (Phi) is 9.86. The second kappa shape index (κ2) is 13.9. The number of hydrogen-bond acceptors (Lipinski definition) is 7. The first-order valence-electron chi connectivity index (χ1n) is 18.1. The predicted molar refractivity (Wildman–Crippen MR) is 202 cm³/mol. The van der Waals surface area contributed by atoms with Gasteiger partial charge in [0, 0.05) is 68.2 Å². The molecule has 1 spiro atoms. The van der Waals surface area contributed by atoms with E-state index in [1.54, 1.807) is 31.9 Å². The van der Waals surface area contributed by atoms with Crippen molar-refractivity contribution in [3.05, 3.63) is 86.3 Å². The lowest BCUT2D eigenvalue weighted by Gasteiger charge is -2.37. The Hall–Kier alpha value is -4.55. The van der Waals surface area contributed by atoms with Crippen molar-refractivity contribution in [2.24, 2.45) is 17.9 Å². The molecule has 2 atom stereocenters. The number of anilines is 1. The van der Waals surface area contributed by atoms with E-state index in [0.717, 1.165) is 91.3 Å². The van der Waals surface area contributed by atoms with Crippen molar-refractivity contribution in [1.29, 1.82) is 5.26 Å². The summed E-state index contributed by atoms with van der Waals surface area (Å²) in [6, 6.07) is 12.7. The van der Waals surface area contributed by atoms with Gasteiger partial charge in [0.1, 0.15) is 23.1 Å². The second-order valence-electron chi connectivity index (χ2n) is 16.0. The molecular formula is C42H53N5O4. The van der Waals surface area contributed by atoms with E-state index in [0.29, 0.717) is 6.54 Å². The third kappa shape index (κ3) is 6.91. The molecular weight excluding hydrogens is 638 g/mol. The minimum Gasteiger partial charge on any atom is -0.496 e. The number of pyridine rings is 1. The molecule has 3 aliphatic heterocycles. The number of amides is 1. The zero-order valence-corrected chi connectivity index (χ0v) is 31.9. The monoisotopic (exact) mass is 691 g/mol. The molecule has 2 saturated heterocycles. The van der Waals surface area contributed by atoms with E-state index < -0.39 is 0 Å². The van der Waals surface area contributed by atoms with E-state index in [1.807, 2.05) is 45.7 Å². The van der Waals surface area contributed by atoms with Crippen molar-refractivity contribution in [3.63, 3.8) is 0 Å². The summed E-state index contributed by atoms with van der Waals surface area (Å²) >= 11 is 0. The van der Waals surface area contributed by atoms with Crippen LogP contribution < -0.4 is 19.9 Å². The summed E-state index contributed by atoms with van der Waals surface area (Å²) in [6.07, 6.45) is 6.73. The molecule has 9 nitrogen and oxygen atoms in total. The van der Waals surface area contributed by atoms with Gasteiger partial charge in [0.2, 0.25) is 0 Å². The highest BCUT2D eigenvalue weighted by Gasteiger charge is 2.44. The Morgan fingerprint density at radius 3 is 2.37 bits per heavy atom. The molecule has 1 amide bonds. The number of allylic oxidation sites excluding steroid dienone is 1. The van der Waals surface area contributed by atoms with Gasteiger partial charge >= 0.3 is 0 Å². The van der Waals surface area contributed by atoms with Gasteiger partial charge in [-0.25, -0.2) is 0 Å². The van der Waals surface area contributed by atoms with Crippen molar-refractivity contribution in [2.75, 3.05) is 51.8 Å². The largest absolute Gasteiger partial charge is 0.496 e. The summed E-state index contributed by atoms with van der Waals surface area (Å²) in [4.78, 5) is 33.0. The number of fused-ring (bicyclic) bond motifs is 1. The van der Waals surface area contributed by atoms with Crippen molar-refractivity contribution in [1.82, 2.24) is 14.4 Å². The van der Waals surface area contributed by atoms with E-state index >= 15 is 0 Å². The molecule has 3 aliphatic rings. The first kappa shape index (κ1) is 36.2. The Bertz CT molecular complexity index is 1960. The van der Waals surface area contributed by atoms with Gasteiger partial charge in [-0.3, -0.25) is 14.5 Å². The molecule has 2 fully saturated rings. The maximum Gasteiger partial charge on any atom is 0.264 e. The third-order valence-corrected chi connectivity index (χ3v) is 11.4. The summed E-state index contributed by atoms with van der Waals surface area (Å²) < 4.78 is 13.6. The summed E-state index contributed by atoms with van der Waals surface area (Å²) in [7, 11) is 5.21.